The SMILES string of the molecule is Cc1nc(-c2ccccn2)oc1C(=O)N1CCc2[nH]cnc2[C@H]1c1nc2c(F)cccc2s1. The molecule has 0 radical (unpaired) electrons. The maximum absolute atomic E-state index is 14.4. The first-order chi connectivity index (χ1) is 16.1. The van der Waals surface area contributed by atoms with Crippen molar-refractivity contribution >= 4 is 27.5 Å². The minimum Gasteiger partial charge on any atom is -0.429 e. The molecule has 8 nitrogen and oxygen atoms in total. The van der Waals surface area contributed by atoms with Crippen molar-refractivity contribution in [3.63, 3.8) is 0 Å². The number of aromatic nitrogens is 5. The van der Waals surface area contributed by atoms with E-state index in [1.165, 1.54) is 17.4 Å². The predicted octanol–water partition coefficient (Wildman–Crippen LogP) is 4.30. The Kier molecular flexibility index (Phi) is 4.54. The van der Waals surface area contributed by atoms with Crippen LogP contribution >= 0.6 is 11.3 Å². The molecule has 0 unspecified atom stereocenters. The van der Waals surface area contributed by atoms with E-state index in [0.717, 1.165) is 5.69 Å². The van der Waals surface area contributed by atoms with Crippen molar-refractivity contribution in [2.45, 2.75) is 19.4 Å². The second-order valence-corrected chi connectivity index (χ2v) is 8.77. The summed E-state index contributed by atoms with van der Waals surface area (Å²) in [5.74, 6) is -0.281. The molecular formula is C23H17FN6O2S. The van der Waals surface area contributed by atoms with E-state index in [1.54, 1.807) is 42.5 Å². The molecule has 0 fully saturated rings. The van der Waals surface area contributed by atoms with E-state index < -0.39 is 11.9 Å². The zero-order valence-electron chi connectivity index (χ0n) is 17.4. The van der Waals surface area contributed by atoms with Crippen molar-refractivity contribution in [3.8, 4) is 11.6 Å². The number of aromatic amines is 1. The molecule has 10 heteroatoms. The third-order valence-corrected chi connectivity index (χ3v) is 6.75. The number of carbonyl (C=O) groups is 1. The highest BCUT2D eigenvalue weighted by Gasteiger charge is 2.38. The van der Waals surface area contributed by atoms with Gasteiger partial charge in [0.1, 0.15) is 28.1 Å². The molecule has 0 spiro atoms. The molecule has 0 aliphatic carbocycles. The van der Waals surface area contributed by atoms with E-state index in [0.29, 0.717) is 45.3 Å². The molecule has 164 valence electrons. The largest absolute Gasteiger partial charge is 0.429 e. The molecule has 6 rings (SSSR count). The predicted molar refractivity (Wildman–Crippen MR) is 119 cm³/mol. The second-order valence-electron chi connectivity index (χ2n) is 7.70. The maximum Gasteiger partial charge on any atom is 0.292 e. The topological polar surface area (TPSA) is 101 Å². The van der Waals surface area contributed by atoms with Crippen molar-refractivity contribution in [1.82, 2.24) is 29.8 Å². The van der Waals surface area contributed by atoms with Gasteiger partial charge in [-0.1, -0.05) is 12.1 Å². The van der Waals surface area contributed by atoms with E-state index in [1.807, 2.05) is 12.1 Å². The van der Waals surface area contributed by atoms with Crippen LogP contribution in [0.25, 0.3) is 21.8 Å². The molecule has 1 aliphatic heterocycles. The number of nitrogens with one attached hydrogen (secondary N) is 1. The average molecular weight is 460 g/mol. The molecule has 33 heavy (non-hydrogen) atoms. The Morgan fingerprint density at radius 1 is 1.21 bits per heavy atom. The van der Waals surface area contributed by atoms with Crippen LogP contribution in [0.3, 0.4) is 0 Å². The molecule has 1 aliphatic rings. The number of thiazole rings is 1. The van der Waals surface area contributed by atoms with E-state index in [2.05, 4.69) is 24.9 Å². The number of imidazole rings is 1. The van der Waals surface area contributed by atoms with Crippen LogP contribution in [0.5, 0.6) is 0 Å². The van der Waals surface area contributed by atoms with Crippen molar-refractivity contribution in [2.24, 2.45) is 0 Å². The van der Waals surface area contributed by atoms with Crippen LogP contribution < -0.4 is 0 Å². The van der Waals surface area contributed by atoms with Gasteiger partial charge in [-0.3, -0.25) is 9.78 Å². The summed E-state index contributed by atoms with van der Waals surface area (Å²) in [7, 11) is 0. The van der Waals surface area contributed by atoms with Crippen LogP contribution in [-0.2, 0) is 6.42 Å². The first kappa shape index (κ1) is 19.7. The molecule has 0 bridgehead atoms. The van der Waals surface area contributed by atoms with E-state index in [4.69, 9.17) is 4.42 Å². The third-order valence-electron chi connectivity index (χ3n) is 5.68. The molecule has 1 amide bonds. The quantitative estimate of drug-likeness (QED) is 0.431. The van der Waals surface area contributed by atoms with Gasteiger partial charge in [0.25, 0.3) is 5.91 Å². The van der Waals surface area contributed by atoms with Gasteiger partial charge >= 0.3 is 0 Å². The summed E-state index contributed by atoms with van der Waals surface area (Å²) in [6.45, 7) is 2.16. The fourth-order valence-electron chi connectivity index (χ4n) is 4.12. The number of halogens is 1. The summed E-state index contributed by atoms with van der Waals surface area (Å²) in [6.07, 6.45) is 3.86. The highest BCUT2D eigenvalue weighted by molar-refractivity contribution is 7.18. The van der Waals surface area contributed by atoms with E-state index in [-0.39, 0.29) is 17.6 Å². The smallest absolute Gasteiger partial charge is 0.292 e. The average Bonchev–Trinajstić information content (AvgIpc) is 3.57. The van der Waals surface area contributed by atoms with Gasteiger partial charge in [0.05, 0.1) is 22.4 Å². The van der Waals surface area contributed by atoms with Gasteiger partial charge in [-0.25, -0.2) is 19.3 Å². The van der Waals surface area contributed by atoms with Crippen molar-refractivity contribution in [3.05, 3.63) is 82.6 Å². The molecule has 5 heterocycles. The number of pyridine rings is 1. The van der Waals surface area contributed by atoms with E-state index in [9.17, 15) is 9.18 Å². The summed E-state index contributed by atoms with van der Waals surface area (Å²) in [5, 5.41) is 0.596. The van der Waals surface area contributed by atoms with Crippen molar-refractivity contribution in [1.29, 1.82) is 0 Å². The zero-order valence-corrected chi connectivity index (χ0v) is 18.3. The van der Waals surface area contributed by atoms with Crippen molar-refractivity contribution < 1.29 is 13.6 Å². The highest BCUT2D eigenvalue weighted by atomic mass is 32.1. The summed E-state index contributed by atoms with van der Waals surface area (Å²) in [4.78, 5) is 36.2. The van der Waals surface area contributed by atoms with Crippen LogP contribution in [0.4, 0.5) is 4.39 Å². The normalized spacial score (nSPS) is 15.7. The standard InChI is InChI=1S/C23H17FN6O2S/c1-12-20(32-21(28-12)15-6-2-3-9-25-15)23(31)30-10-8-14-18(27-11-26-14)19(30)22-29-17-13(24)5-4-7-16(17)33-22/h2-7,9,11,19H,8,10H2,1H3,(H,26,27)/t19-/m0/s1. The molecule has 4 aromatic heterocycles. The fraction of sp³-hybridized carbons (Fsp3) is 0.174. The number of para-hydroxylation sites is 1. The number of carbonyl (C=O) groups excluding carboxylic acids is 1. The van der Waals surface area contributed by atoms with Crippen LogP contribution in [0.2, 0.25) is 0 Å². The molecule has 1 aromatic carbocycles. The number of amides is 1. The molecular weight excluding hydrogens is 443 g/mol. The highest BCUT2D eigenvalue weighted by Crippen LogP contribution is 2.39. The lowest BCUT2D eigenvalue weighted by Crippen LogP contribution is -2.40. The number of oxazole rings is 1. The lowest BCUT2D eigenvalue weighted by atomic mass is 10.0. The van der Waals surface area contributed by atoms with E-state index >= 15 is 0 Å². The number of hydrogen-bond donors (Lipinski definition) is 1. The number of benzene rings is 1. The van der Waals surface area contributed by atoms with Crippen LogP contribution in [0, 0.1) is 12.7 Å². The molecule has 0 saturated heterocycles. The molecule has 0 saturated carbocycles. The number of rotatable bonds is 3. The number of fused-ring (bicyclic) bond motifs is 2. The van der Waals surface area contributed by atoms with Gasteiger partial charge in [0.2, 0.25) is 11.7 Å². The van der Waals surface area contributed by atoms with Crippen molar-refractivity contribution in [2.75, 3.05) is 6.54 Å². The molecule has 1 atom stereocenters. The summed E-state index contributed by atoms with van der Waals surface area (Å²) in [5.41, 5.74) is 2.96. The lowest BCUT2D eigenvalue weighted by Gasteiger charge is -2.33. The van der Waals surface area contributed by atoms with Gasteiger partial charge < -0.3 is 14.3 Å². The minimum absolute atomic E-state index is 0.145. The third kappa shape index (κ3) is 3.21. The maximum atomic E-state index is 14.4. The Morgan fingerprint density at radius 2 is 2.12 bits per heavy atom. The first-order valence-corrected chi connectivity index (χ1v) is 11.2. The Balaban J connectivity index is 1.44. The Morgan fingerprint density at radius 3 is 2.94 bits per heavy atom. The zero-order chi connectivity index (χ0) is 22.5. The summed E-state index contributed by atoms with van der Waals surface area (Å²) >= 11 is 1.35. The minimum atomic E-state index is -0.563. The van der Waals surface area contributed by atoms with Gasteiger partial charge in [-0.2, -0.15) is 0 Å². The van der Waals surface area contributed by atoms with Crippen LogP contribution in [0.1, 0.15) is 38.7 Å². The van der Waals surface area contributed by atoms with Gasteiger partial charge in [-0.05, 0) is 31.2 Å². The summed E-state index contributed by atoms with van der Waals surface area (Å²) in [6, 6.07) is 9.69. The van der Waals surface area contributed by atoms with Crippen LogP contribution in [-0.4, -0.2) is 42.3 Å². The Hall–Kier alpha value is -3.92. The Bertz CT molecular complexity index is 1490. The van der Waals surface area contributed by atoms with Gasteiger partial charge in [0.15, 0.2) is 0 Å². The molecule has 5 aromatic rings. The van der Waals surface area contributed by atoms with Gasteiger partial charge in [0, 0.05) is 24.9 Å². The van der Waals surface area contributed by atoms with Gasteiger partial charge in [-0.15, -0.1) is 11.3 Å². The second kappa shape index (κ2) is 7.59. The first-order valence-electron chi connectivity index (χ1n) is 10.4. The van der Waals surface area contributed by atoms with Crippen LogP contribution in [0.15, 0.2) is 53.3 Å². The monoisotopic (exact) mass is 460 g/mol. The molecule has 1 N–H and O–H groups in total. The lowest BCUT2D eigenvalue weighted by molar-refractivity contribution is 0.0657. The Labute approximate surface area is 191 Å². The summed E-state index contributed by atoms with van der Waals surface area (Å²) < 4.78 is 20.9. The number of H-pyrrole nitrogens is 1. The number of aryl methyl sites for hydroxylation is 1. The number of nitrogens with zero attached hydrogens (tertiary/aromatic N) is 5. The number of hydrogen-bond acceptors (Lipinski definition) is 7. The fourth-order valence-corrected chi connectivity index (χ4v) is 5.22.